The maximum Gasteiger partial charge on any atom is 0.338 e. The lowest BCUT2D eigenvalue weighted by Gasteiger charge is -2.12. The number of carbonyl (C=O) groups excluding carboxylic acids is 2. The number of esters is 1. The molecular formula is C32H24ClN3O7. The van der Waals surface area contributed by atoms with Crippen molar-refractivity contribution in [3.8, 4) is 34.0 Å². The van der Waals surface area contributed by atoms with E-state index in [0.717, 1.165) is 11.1 Å². The number of nitrogens with zero attached hydrogens (tertiary/aromatic N) is 2. The van der Waals surface area contributed by atoms with E-state index in [1.807, 2.05) is 48.5 Å². The highest BCUT2D eigenvalue weighted by atomic mass is 35.5. The van der Waals surface area contributed by atoms with Gasteiger partial charge in [0.15, 0.2) is 6.61 Å². The van der Waals surface area contributed by atoms with Crippen LogP contribution in [0.4, 0.5) is 5.69 Å². The normalized spacial score (nSPS) is 10.7. The van der Waals surface area contributed by atoms with Gasteiger partial charge in [0.1, 0.15) is 11.5 Å². The van der Waals surface area contributed by atoms with Crippen LogP contribution in [-0.2, 0) is 9.53 Å². The van der Waals surface area contributed by atoms with Crippen LogP contribution in [0.1, 0.15) is 20.7 Å². The molecule has 1 amide bonds. The second kappa shape index (κ2) is 12.6. The predicted molar refractivity (Wildman–Crippen MR) is 161 cm³/mol. The molecule has 0 radical (unpaired) electrons. The van der Waals surface area contributed by atoms with Crippen LogP contribution in [-0.4, -0.2) is 53.7 Å². The third kappa shape index (κ3) is 6.55. The summed E-state index contributed by atoms with van der Waals surface area (Å²) in [6.45, 7) is -0.621. The molecule has 4 aromatic carbocycles. The van der Waals surface area contributed by atoms with Crippen molar-refractivity contribution >= 4 is 46.2 Å². The number of aromatic nitrogens is 2. The number of carbonyl (C=O) groups is 3. The Hall–Kier alpha value is -5.48. The van der Waals surface area contributed by atoms with Crippen molar-refractivity contribution in [2.75, 3.05) is 26.1 Å². The molecule has 1 heterocycles. The number of methoxy groups -OCH3 is 2. The zero-order chi connectivity index (χ0) is 30.5. The van der Waals surface area contributed by atoms with Crippen LogP contribution in [0, 0.1) is 0 Å². The fourth-order valence-electron chi connectivity index (χ4n) is 4.24. The van der Waals surface area contributed by atoms with Gasteiger partial charge in [-0.3, -0.25) is 4.79 Å². The maximum absolute atomic E-state index is 12.8. The smallest absolute Gasteiger partial charge is 0.338 e. The lowest BCUT2D eigenvalue weighted by Crippen LogP contribution is -2.21. The first-order chi connectivity index (χ1) is 20.7. The molecule has 0 saturated heterocycles. The van der Waals surface area contributed by atoms with Gasteiger partial charge in [0.25, 0.3) is 5.91 Å². The number of carboxylic acid groups (broad SMARTS) is 1. The largest absolute Gasteiger partial charge is 0.497 e. The summed E-state index contributed by atoms with van der Waals surface area (Å²) in [6.07, 6.45) is 0. The Labute approximate surface area is 250 Å². The molecule has 216 valence electrons. The van der Waals surface area contributed by atoms with Gasteiger partial charge in [-0.15, -0.1) is 0 Å². The SMILES string of the molecule is COc1ccc(-c2nc3ccc(C(=O)OCC(=O)Nc4cc(C(=O)O)ccc4Cl)cc3nc2-c2ccc(OC)cc2)cc1. The standard InChI is InChI=1S/C32H24ClN3O7/c1-41-22-9-3-18(4-10-22)29-30(19-5-11-23(42-2)12-6-19)36-27-16-21(8-14-25(27)35-29)32(40)43-17-28(37)34-26-15-20(31(38)39)7-13-24(26)33/h3-16H,17H2,1-2H3,(H,34,37)(H,38,39). The van der Waals surface area contributed by atoms with Crippen molar-refractivity contribution < 1.29 is 33.7 Å². The highest BCUT2D eigenvalue weighted by Gasteiger charge is 2.17. The van der Waals surface area contributed by atoms with Crippen LogP contribution in [0.3, 0.4) is 0 Å². The molecule has 0 aliphatic rings. The summed E-state index contributed by atoms with van der Waals surface area (Å²) < 4.78 is 15.8. The van der Waals surface area contributed by atoms with E-state index >= 15 is 0 Å². The van der Waals surface area contributed by atoms with Gasteiger partial charge in [-0.2, -0.15) is 0 Å². The number of aromatic carboxylic acids is 1. The molecule has 0 saturated carbocycles. The number of anilines is 1. The van der Waals surface area contributed by atoms with Crippen molar-refractivity contribution in [3.05, 3.63) is 101 Å². The Morgan fingerprint density at radius 3 is 1.86 bits per heavy atom. The Bertz CT molecular complexity index is 1840. The summed E-state index contributed by atoms with van der Waals surface area (Å²) in [4.78, 5) is 46.2. The van der Waals surface area contributed by atoms with E-state index in [1.165, 1.54) is 24.3 Å². The number of benzene rings is 4. The van der Waals surface area contributed by atoms with Crippen molar-refractivity contribution in [1.29, 1.82) is 0 Å². The van der Waals surface area contributed by atoms with Crippen LogP contribution >= 0.6 is 11.6 Å². The first kappa shape index (κ1) is 29.0. The Kier molecular flexibility index (Phi) is 8.49. The van der Waals surface area contributed by atoms with Gasteiger partial charge in [-0.25, -0.2) is 19.6 Å². The number of halogens is 1. The molecule has 0 atom stereocenters. The van der Waals surface area contributed by atoms with Gasteiger partial charge >= 0.3 is 11.9 Å². The quantitative estimate of drug-likeness (QED) is 0.192. The van der Waals surface area contributed by atoms with Gasteiger partial charge in [0.2, 0.25) is 0 Å². The summed E-state index contributed by atoms with van der Waals surface area (Å²) in [7, 11) is 3.18. The third-order valence-corrected chi connectivity index (χ3v) is 6.78. The van der Waals surface area contributed by atoms with Crippen molar-refractivity contribution in [2.45, 2.75) is 0 Å². The molecule has 10 nitrogen and oxygen atoms in total. The number of fused-ring (bicyclic) bond motifs is 1. The molecule has 0 aliphatic carbocycles. The molecule has 43 heavy (non-hydrogen) atoms. The van der Waals surface area contributed by atoms with E-state index in [9.17, 15) is 14.4 Å². The molecule has 1 aromatic heterocycles. The second-order valence-corrected chi connectivity index (χ2v) is 9.61. The van der Waals surface area contributed by atoms with Crippen LogP contribution < -0.4 is 14.8 Å². The lowest BCUT2D eigenvalue weighted by molar-refractivity contribution is -0.119. The Morgan fingerprint density at radius 1 is 0.744 bits per heavy atom. The fourth-order valence-corrected chi connectivity index (χ4v) is 4.40. The molecular weight excluding hydrogens is 574 g/mol. The number of nitrogens with one attached hydrogen (secondary N) is 1. The average molecular weight is 598 g/mol. The molecule has 0 bridgehead atoms. The van der Waals surface area contributed by atoms with Crippen LogP contribution in [0.15, 0.2) is 84.9 Å². The zero-order valence-corrected chi connectivity index (χ0v) is 23.7. The molecule has 0 fully saturated rings. The predicted octanol–water partition coefficient (Wildman–Crippen LogP) is 6.13. The highest BCUT2D eigenvalue weighted by molar-refractivity contribution is 6.33. The first-order valence-electron chi connectivity index (χ1n) is 12.9. The van der Waals surface area contributed by atoms with Gasteiger partial charge < -0.3 is 24.6 Å². The first-order valence-corrected chi connectivity index (χ1v) is 13.2. The van der Waals surface area contributed by atoms with E-state index in [4.69, 9.17) is 40.9 Å². The highest BCUT2D eigenvalue weighted by Crippen LogP contribution is 2.33. The molecule has 0 aliphatic heterocycles. The molecule has 5 rings (SSSR count). The number of hydrogen-bond acceptors (Lipinski definition) is 8. The molecule has 0 unspecified atom stereocenters. The van der Waals surface area contributed by atoms with Gasteiger partial charge in [0.05, 0.1) is 58.5 Å². The van der Waals surface area contributed by atoms with E-state index in [1.54, 1.807) is 26.4 Å². The van der Waals surface area contributed by atoms with Crippen LogP contribution in [0.25, 0.3) is 33.5 Å². The molecule has 11 heteroatoms. The van der Waals surface area contributed by atoms with Crippen LogP contribution in [0.5, 0.6) is 11.5 Å². The van der Waals surface area contributed by atoms with E-state index < -0.39 is 24.5 Å². The van der Waals surface area contributed by atoms with E-state index in [0.29, 0.717) is 33.9 Å². The number of rotatable bonds is 9. The summed E-state index contributed by atoms with van der Waals surface area (Å²) in [5.41, 5.74) is 4.02. The van der Waals surface area contributed by atoms with Crippen molar-refractivity contribution in [1.82, 2.24) is 9.97 Å². The summed E-state index contributed by atoms with van der Waals surface area (Å²) >= 11 is 6.05. The van der Waals surface area contributed by atoms with Crippen molar-refractivity contribution in [3.63, 3.8) is 0 Å². The minimum Gasteiger partial charge on any atom is -0.497 e. The number of carboxylic acids is 1. The van der Waals surface area contributed by atoms with E-state index in [2.05, 4.69) is 5.32 Å². The topological polar surface area (TPSA) is 137 Å². The van der Waals surface area contributed by atoms with Gasteiger partial charge in [0, 0.05) is 11.1 Å². The van der Waals surface area contributed by atoms with Crippen LogP contribution in [0.2, 0.25) is 5.02 Å². The lowest BCUT2D eigenvalue weighted by atomic mass is 10.0. The molecule has 5 aromatic rings. The van der Waals surface area contributed by atoms with Gasteiger partial charge in [-0.05, 0) is 84.9 Å². The molecule has 2 N–H and O–H groups in total. The number of ether oxygens (including phenoxy) is 3. The summed E-state index contributed by atoms with van der Waals surface area (Å²) in [6, 6.07) is 23.5. The summed E-state index contributed by atoms with van der Waals surface area (Å²) in [5.74, 6) is -1.23. The second-order valence-electron chi connectivity index (χ2n) is 9.21. The minimum atomic E-state index is -1.18. The summed E-state index contributed by atoms with van der Waals surface area (Å²) in [5, 5.41) is 11.8. The Balaban J connectivity index is 1.41. The Morgan fingerprint density at radius 2 is 1.30 bits per heavy atom. The maximum atomic E-state index is 12.8. The number of amides is 1. The zero-order valence-electron chi connectivity index (χ0n) is 23.0. The monoisotopic (exact) mass is 597 g/mol. The number of hydrogen-bond donors (Lipinski definition) is 2. The minimum absolute atomic E-state index is 0.0573. The average Bonchev–Trinajstić information content (AvgIpc) is 3.03. The van der Waals surface area contributed by atoms with Gasteiger partial charge in [-0.1, -0.05) is 11.6 Å². The fraction of sp³-hybridized carbons (Fsp3) is 0.0938. The van der Waals surface area contributed by atoms with Crippen molar-refractivity contribution in [2.24, 2.45) is 0 Å². The van der Waals surface area contributed by atoms with E-state index in [-0.39, 0.29) is 21.8 Å². The molecule has 0 spiro atoms. The third-order valence-electron chi connectivity index (χ3n) is 6.45.